The Bertz CT molecular complexity index is 1750. The van der Waals surface area contributed by atoms with Crippen molar-refractivity contribution in [3.05, 3.63) is 88.0 Å². The SMILES string of the molecule is CCC(C)(C)c1ccc(OCCCCOc2ccc(Nc3ccc(N)c4c3C(=O)C(C#N)=C(C#N)C4=O)cc2)c(C(C)(C)CC)c1. The molecule has 0 heterocycles. The van der Waals surface area contributed by atoms with Crippen LogP contribution in [-0.2, 0) is 10.8 Å². The monoisotopic (exact) mass is 618 g/mol. The average Bonchev–Trinajstić information content (AvgIpc) is 3.05. The van der Waals surface area contributed by atoms with Gasteiger partial charge in [0.2, 0.25) is 11.6 Å². The Morgan fingerprint density at radius 2 is 1.35 bits per heavy atom. The molecule has 1 aliphatic carbocycles. The van der Waals surface area contributed by atoms with E-state index >= 15 is 0 Å². The fraction of sp³-hybridized carbons (Fsp3) is 0.368. The number of nitriles is 2. The van der Waals surface area contributed by atoms with Crippen LogP contribution in [0.1, 0.15) is 99.1 Å². The summed E-state index contributed by atoms with van der Waals surface area (Å²) in [6.45, 7) is 14.7. The Balaban J connectivity index is 1.34. The largest absolute Gasteiger partial charge is 0.494 e. The average molecular weight is 619 g/mol. The lowest BCUT2D eigenvalue weighted by Crippen LogP contribution is -2.23. The molecule has 0 fully saturated rings. The second-order valence-corrected chi connectivity index (χ2v) is 12.8. The number of allylic oxidation sites excluding steroid dienone is 2. The van der Waals surface area contributed by atoms with Crippen molar-refractivity contribution in [3.8, 4) is 23.6 Å². The van der Waals surface area contributed by atoms with Gasteiger partial charge in [0.05, 0.1) is 30.0 Å². The summed E-state index contributed by atoms with van der Waals surface area (Å²) in [7, 11) is 0. The number of hydrogen-bond acceptors (Lipinski definition) is 8. The highest BCUT2D eigenvalue weighted by atomic mass is 16.5. The number of rotatable bonds is 13. The number of benzene rings is 3. The van der Waals surface area contributed by atoms with Crippen LogP contribution in [0.2, 0.25) is 0 Å². The van der Waals surface area contributed by atoms with E-state index in [1.165, 1.54) is 17.2 Å². The molecular formula is C38H42N4O4. The lowest BCUT2D eigenvalue weighted by atomic mass is 9.76. The zero-order valence-corrected chi connectivity index (χ0v) is 27.5. The number of anilines is 3. The molecule has 0 spiro atoms. The van der Waals surface area contributed by atoms with Gasteiger partial charge in [0.1, 0.15) is 34.8 Å². The second kappa shape index (κ2) is 13.9. The highest BCUT2D eigenvalue weighted by Gasteiger charge is 2.36. The van der Waals surface area contributed by atoms with E-state index in [9.17, 15) is 20.1 Å². The van der Waals surface area contributed by atoms with Crippen molar-refractivity contribution in [2.24, 2.45) is 0 Å². The highest BCUT2D eigenvalue weighted by Crippen LogP contribution is 2.39. The molecular weight excluding hydrogens is 576 g/mol. The summed E-state index contributed by atoms with van der Waals surface area (Å²) in [5, 5.41) is 21.9. The molecule has 0 unspecified atom stereocenters. The van der Waals surface area contributed by atoms with Crippen molar-refractivity contribution in [3.63, 3.8) is 0 Å². The van der Waals surface area contributed by atoms with E-state index in [1.807, 2.05) is 12.1 Å². The van der Waals surface area contributed by atoms with Gasteiger partial charge in [-0.25, -0.2) is 0 Å². The van der Waals surface area contributed by atoms with Crippen LogP contribution in [0.3, 0.4) is 0 Å². The van der Waals surface area contributed by atoms with Gasteiger partial charge < -0.3 is 20.5 Å². The van der Waals surface area contributed by atoms with E-state index in [0.717, 1.165) is 31.4 Å². The standard InChI is InChI=1S/C38H42N4O4/c1-7-37(3,4)24-11-18-32(29(21-24)38(5,6)8-2)46-20-10-9-19-45-26-14-12-25(13-15-26)42-31-17-16-30(41)33-34(31)36(44)28(23-40)27(22-39)35(33)43/h11-18,21,42H,7-10,19-20,41H2,1-6H3. The smallest absolute Gasteiger partial charge is 0.207 e. The number of Topliss-reactive ketones (excluding diaryl/α,β-unsaturated/α-hetero) is 2. The number of nitrogens with zero attached hydrogens (tertiary/aromatic N) is 2. The lowest BCUT2D eigenvalue weighted by molar-refractivity contribution is 0.0983. The summed E-state index contributed by atoms with van der Waals surface area (Å²) in [5.41, 5.74) is 8.67. The van der Waals surface area contributed by atoms with Gasteiger partial charge in [-0.2, -0.15) is 10.5 Å². The molecule has 3 aromatic carbocycles. The summed E-state index contributed by atoms with van der Waals surface area (Å²) in [5.74, 6) is 0.190. The van der Waals surface area contributed by atoms with Crippen LogP contribution >= 0.6 is 0 Å². The van der Waals surface area contributed by atoms with E-state index in [1.54, 1.807) is 30.3 Å². The zero-order chi connectivity index (χ0) is 33.6. The number of carbonyl (C=O) groups is 2. The summed E-state index contributed by atoms with van der Waals surface area (Å²) in [4.78, 5) is 26.0. The van der Waals surface area contributed by atoms with Crippen LogP contribution in [0.15, 0.2) is 65.7 Å². The Morgan fingerprint density at radius 3 is 1.93 bits per heavy atom. The minimum atomic E-state index is -0.733. The third kappa shape index (κ3) is 6.92. The van der Waals surface area contributed by atoms with Gasteiger partial charge in [-0.05, 0) is 84.5 Å². The topological polar surface area (TPSA) is 138 Å². The lowest BCUT2D eigenvalue weighted by Gasteiger charge is -2.30. The molecule has 8 heteroatoms. The van der Waals surface area contributed by atoms with Crippen molar-refractivity contribution >= 4 is 28.6 Å². The van der Waals surface area contributed by atoms with Gasteiger partial charge in [-0.1, -0.05) is 53.7 Å². The van der Waals surface area contributed by atoms with Crippen molar-refractivity contribution in [1.82, 2.24) is 0 Å². The second-order valence-electron chi connectivity index (χ2n) is 12.8. The molecule has 238 valence electrons. The van der Waals surface area contributed by atoms with Crippen molar-refractivity contribution < 1.29 is 19.1 Å². The molecule has 0 aromatic heterocycles. The predicted molar refractivity (Wildman–Crippen MR) is 181 cm³/mol. The summed E-state index contributed by atoms with van der Waals surface area (Å²) in [6, 6.07) is 20.3. The maximum atomic E-state index is 13.1. The highest BCUT2D eigenvalue weighted by molar-refractivity contribution is 6.33. The Morgan fingerprint density at radius 1 is 0.761 bits per heavy atom. The van der Waals surface area contributed by atoms with Gasteiger partial charge in [0.15, 0.2) is 0 Å². The van der Waals surface area contributed by atoms with Crippen LogP contribution in [0.4, 0.5) is 17.1 Å². The molecule has 3 aromatic rings. The summed E-state index contributed by atoms with van der Waals surface area (Å²) in [6.07, 6.45) is 3.75. The third-order valence-corrected chi connectivity index (χ3v) is 9.08. The predicted octanol–water partition coefficient (Wildman–Crippen LogP) is 8.35. The van der Waals surface area contributed by atoms with Crippen LogP contribution in [0.5, 0.6) is 11.5 Å². The number of unbranched alkanes of at least 4 members (excludes halogenated alkanes) is 1. The number of nitrogens with two attached hydrogens (primary N) is 1. The molecule has 46 heavy (non-hydrogen) atoms. The van der Waals surface area contributed by atoms with Gasteiger partial charge in [-0.3, -0.25) is 9.59 Å². The van der Waals surface area contributed by atoms with E-state index in [4.69, 9.17) is 15.2 Å². The van der Waals surface area contributed by atoms with E-state index in [2.05, 4.69) is 65.1 Å². The molecule has 0 radical (unpaired) electrons. The molecule has 1 aliphatic rings. The minimum absolute atomic E-state index is 0.0109. The number of fused-ring (bicyclic) bond motifs is 1. The quantitative estimate of drug-likeness (QED) is 0.144. The molecule has 0 saturated carbocycles. The molecule has 0 amide bonds. The van der Waals surface area contributed by atoms with Crippen molar-refractivity contribution in [2.45, 2.75) is 78.1 Å². The number of carbonyl (C=O) groups excluding carboxylic acids is 2. The van der Waals surface area contributed by atoms with Crippen molar-refractivity contribution in [2.75, 3.05) is 24.3 Å². The zero-order valence-electron chi connectivity index (χ0n) is 27.5. The first-order valence-electron chi connectivity index (χ1n) is 15.7. The summed E-state index contributed by atoms with van der Waals surface area (Å²) < 4.78 is 12.2. The Labute approximate surface area is 271 Å². The van der Waals surface area contributed by atoms with Crippen LogP contribution < -0.4 is 20.5 Å². The molecule has 3 N–H and O–H groups in total. The Hall–Kier alpha value is -5.08. The molecule has 4 rings (SSSR count). The number of hydrogen-bond donors (Lipinski definition) is 2. The molecule has 8 nitrogen and oxygen atoms in total. The molecule has 0 bridgehead atoms. The van der Waals surface area contributed by atoms with Crippen LogP contribution in [0, 0.1) is 22.7 Å². The third-order valence-electron chi connectivity index (χ3n) is 9.08. The van der Waals surface area contributed by atoms with Gasteiger partial charge >= 0.3 is 0 Å². The first-order valence-corrected chi connectivity index (χ1v) is 15.7. The van der Waals surface area contributed by atoms with Gasteiger partial charge in [0, 0.05) is 16.9 Å². The number of ether oxygens (including phenoxy) is 2. The maximum absolute atomic E-state index is 13.1. The first-order chi connectivity index (χ1) is 21.9. The van der Waals surface area contributed by atoms with E-state index in [-0.39, 0.29) is 27.6 Å². The number of ketones is 2. The fourth-order valence-electron chi connectivity index (χ4n) is 5.26. The van der Waals surface area contributed by atoms with Crippen LogP contribution in [0.25, 0.3) is 0 Å². The first kappa shape index (κ1) is 33.8. The normalized spacial score (nSPS) is 13.1. The minimum Gasteiger partial charge on any atom is -0.494 e. The summed E-state index contributed by atoms with van der Waals surface area (Å²) >= 11 is 0. The number of nitrogen functional groups attached to an aromatic ring is 1. The Kier molecular flexibility index (Phi) is 10.2. The number of nitrogens with one attached hydrogen (secondary N) is 1. The van der Waals surface area contributed by atoms with Crippen LogP contribution in [-0.4, -0.2) is 24.8 Å². The molecule has 0 saturated heterocycles. The van der Waals surface area contributed by atoms with E-state index in [0.29, 0.717) is 30.3 Å². The fourth-order valence-corrected chi connectivity index (χ4v) is 5.26. The molecule has 0 atom stereocenters. The van der Waals surface area contributed by atoms with E-state index < -0.39 is 22.7 Å². The molecule has 0 aliphatic heterocycles. The van der Waals surface area contributed by atoms with Crippen molar-refractivity contribution in [1.29, 1.82) is 10.5 Å². The maximum Gasteiger partial charge on any atom is 0.207 e. The van der Waals surface area contributed by atoms with Gasteiger partial charge in [0.25, 0.3) is 0 Å². The van der Waals surface area contributed by atoms with Gasteiger partial charge in [-0.15, -0.1) is 0 Å².